The normalized spacial score (nSPS) is 10.5. The fourth-order valence-electron chi connectivity index (χ4n) is 2.63. The van der Waals surface area contributed by atoms with Gasteiger partial charge in [-0.3, -0.25) is 0 Å². The van der Waals surface area contributed by atoms with E-state index in [4.69, 9.17) is 5.73 Å². The Balaban J connectivity index is 0.00000144. The van der Waals surface area contributed by atoms with Crippen LogP contribution in [0.25, 0.3) is 33.4 Å². The molecular weight excluding hydrogens is 314 g/mol. The molecule has 0 unspecified atom stereocenters. The molecule has 0 aliphatic rings. The zero-order valence-corrected chi connectivity index (χ0v) is 13.2. The highest BCUT2D eigenvalue weighted by atomic mass is 35.5. The smallest absolute Gasteiger partial charge is 0.180 e. The summed E-state index contributed by atoms with van der Waals surface area (Å²) in [6, 6.07) is 18.6. The van der Waals surface area contributed by atoms with Crippen LogP contribution >= 0.6 is 23.7 Å². The molecule has 0 atom stereocenters. The summed E-state index contributed by atoms with van der Waals surface area (Å²) in [5.41, 5.74) is 11.2. The average molecular weight is 328 g/mol. The number of halogens is 1. The van der Waals surface area contributed by atoms with Crippen LogP contribution in [0.2, 0.25) is 0 Å². The van der Waals surface area contributed by atoms with Gasteiger partial charge in [0.2, 0.25) is 0 Å². The second-order valence-corrected chi connectivity index (χ2v) is 5.75. The van der Waals surface area contributed by atoms with Crippen molar-refractivity contribution in [3.05, 3.63) is 60.0 Å². The minimum absolute atomic E-state index is 0. The van der Waals surface area contributed by atoms with E-state index >= 15 is 0 Å². The SMILES string of the molecule is Cl.Nc1nc(-c2c(-c3ccccc3)[nH]c3ccccc23)cs1. The predicted molar refractivity (Wildman–Crippen MR) is 96.5 cm³/mol. The third-order valence-corrected chi connectivity index (χ3v) is 4.22. The Morgan fingerprint density at radius 2 is 1.68 bits per heavy atom. The summed E-state index contributed by atoms with van der Waals surface area (Å²) in [5, 5.41) is 3.77. The fourth-order valence-corrected chi connectivity index (χ4v) is 3.19. The number of nitrogens with one attached hydrogen (secondary N) is 1. The number of nitrogens with two attached hydrogens (primary N) is 1. The Bertz CT molecular complexity index is 912. The van der Waals surface area contributed by atoms with Crippen molar-refractivity contribution in [2.75, 3.05) is 5.73 Å². The molecule has 4 aromatic rings. The summed E-state index contributed by atoms with van der Waals surface area (Å²) in [6.45, 7) is 0. The molecule has 0 saturated heterocycles. The number of para-hydroxylation sites is 1. The molecule has 2 heterocycles. The van der Waals surface area contributed by atoms with E-state index in [2.05, 4.69) is 34.2 Å². The van der Waals surface area contributed by atoms with Crippen LogP contribution in [0.3, 0.4) is 0 Å². The van der Waals surface area contributed by atoms with Gasteiger partial charge in [-0.05, 0) is 11.6 Å². The molecule has 4 rings (SSSR count). The van der Waals surface area contributed by atoms with E-state index in [0.717, 1.165) is 28.0 Å². The molecule has 0 radical (unpaired) electrons. The van der Waals surface area contributed by atoms with Gasteiger partial charge in [0.1, 0.15) is 0 Å². The van der Waals surface area contributed by atoms with E-state index < -0.39 is 0 Å². The number of nitrogen functional groups attached to an aromatic ring is 1. The maximum atomic E-state index is 5.81. The number of thiazole rings is 1. The van der Waals surface area contributed by atoms with Crippen molar-refractivity contribution in [2.45, 2.75) is 0 Å². The molecule has 0 bridgehead atoms. The van der Waals surface area contributed by atoms with Gasteiger partial charge >= 0.3 is 0 Å². The lowest BCUT2D eigenvalue weighted by molar-refractivity contribution is 1.40. The highest BCUT2D eigenvalue weighted by molar-refractivity contribution is 7.13. The first-order valence-corrected chi connectivity index (χ1v) is 7.58. The highest BCUT2D eigenvalue weighted by Gasteiger charge is 2.16. The standard InChI is InChI=1S/C17H13N3S.ClH/c18-17-20-14(10-21-17)15-12-8-4-5-9-13(12)19-16(15)11-6-2-1-3-7-11;/h1-10,19H,(H2,18,20);1H. The maximum Gasteiger partial charge on any atom is 0.180 e. The lowest BCUT2D eigenvalue weighted by Gasteiger charge is -2.02. The van der Waals surface area contributed by atoms with E-state index in [9.17, 15) is 0 Å². The topological polar surface area (TPSA) is 54.7 Å². The van der Waals surface area contributed by atoms with Crippen LogP contribution in [-0.2, 0) is 0 Å². The van der Waals surface area contributed by atoms with Crippen LogP contribution in [-0.4, -0.2) is 9.97 Å². The van der Waals surface area contributed by atoms with Gasteiger partial charge in [0.05, 0.1) is 11.4 Å². The lowest BCUT2D eigenvalue weighted by Crippen LogP contribution is -1.85. The van der Waals surface area contributed by atoms with Crippen LogP contribution in [0.1, 0.15) is 0 Å². The van der Waals surface area contributed by atoms with Gasteiger partial charge in [0, 0.05) is 21.8 Å². The van der Waals surface area contributed by atoms with Crippen molar-refractivity contribution < 1.29 is 0 Å². The summed E-state index contributed by atoms with van der Waals surface area (Å²) in [7, 11) is 0. The molecule has 0 fully saturated rings. The third-order valence-electron chi connectivity index (χ3n) is 3.55. The number of aromatic nitrogens is 2. The van der Waals surface area contributed by atoms with Crippen LogP contribution in [0.4, 0.5) is 5.13 Å². The van der Waals surface area contributed by atoms with Crippen LogP contribution in [0, 0.1) is 0 Å². The van der Waals surface area contributed by atoms with Gasteiger partial charge in [-0.25, -0.2) is 4.98 Å². The number of hydrogen-bond acceptors (Lipinski definition) is 3. The summed E-state index contributed by atoms with van der Waals surface area (Å²) in [5.74, 6) is 0. The number of fused-ring (bicyclic) bond motifs is 1. The van der Waals surface area contributed by atoms with Crippen LogP contribution < -0.4 is 5.73 Å². The number of benzene rings is 2. The van der Waals surface area contributed by atoms with Crippen molar-refractivity contribution in [2.24, 2.45) is 0 Å². The Morgan fingerprint density at radius 3 is 2.41 bits per heavy atom. The molecular formula is C17H14ClN3S. The first kappa shape index (κ1) is 14.6. The quantitative estimate of drug-likeness (QED) is 0.546. The summed E-state index contributed by atoms with van der Waals surface area (Å²) in [6.07, 6.45) is 0. The fraction of sp³-hybridized carbons (Fsp3) is 0. The Hall–Kier alpha value is -2.30. The summed E-state index contributed by atoms with van der Waals surface area (Å²) < 4.78 is 0. The molecule has 3 nitrogen and oxygen atoms in total. The van der Waals surface area contributed by atoms with Crippen molar-refractivity contribution >= 4 is 39.8 Å². The van der Waals surface area contributed by atoms with E-state index in [1.54, 1.807) is 0 Å². The number of aromatic amines is 1. The maximum absolute atomic E-state index is 5.81. The molecule has 0 saturated carbocycles. The first-order valence-electron chi connectivity index (χ1n) is 6.70. The second-order valence-electron chi connectivity index (χ2n) is 4.86. The number of hydrogen-bond donors (Lipinski definition) is 2. The molecule has 2 aromatic heterocycles. The van der Waals surface area contributed by atoms with Crippen molar-refractivity contribution in [3.63, 3.8) is 0 Å². The van der Waals surface area contributed by atoms with Crippen LogP contribution in [0.15, 0.2) is 60.0 Å². The van der Waals surface area contributed by atoms with Crippen LogP contribution in [0.5, 0.6) is 0 Å². The molecule has 0 aliphatic heterocycles. The number of anilines is 1. The zero-order valence-electron chi connectivity index (χ0n) is 11.6. The Morgan fingerprint density at radius 1 is 0.955 bits per heavy atom. The third kappa shape index (κ3) is 2.36. The van der Waals surface area contributed by atoms with Crippen molar-refractivity contribution in [3.8, 4) is 22.5 Å². The van der Waals surface area contributed by atoms with Gasteiger partial charge in [-0.2, -0.15) is 0 Å². The monoisotopic (exact) mass is 327 g/mol. The van der Waals surface area contributed by atoms with E-state index in [1.807, 2.05) is 35.7 Å². The summed E-state index contributed by atoms with van der Waals surface area (Å²) >= 11 is 1.47. The molecule has 0 amide bonds. The lowest BCUT2D eigenvalue weighted by atomic mass is 10.0. The van der Waals surface area contributed by atoms with E-state index in [-0.39, 0.29) is 12.4 Å². The molecule has 3 N–H and O–H groups in total. The minimum Gasteiger partial charge on any atom is -0.375 e. The summed E-state index contributed by atoms with van der Waals surface area (Å²) in [4.78, 5) is 7.98. The Kier molecular flexibility index (Phi) is 3.88. The van der Waals surface area contributed by atoms with Gasteiger partial charge in [-0.1, -0.05) is 48.5 Å². The predicted octanol–water partition coefficient (Wildman–Crippen LogP) is 4.96. The number of nitrogens with zero attached hydrogens (tertiary/aromatic N) is 1. The van der Waals surface area contributed by atoms with E-state index in [0.29, 0.717) is 5.13 Å². The van der Waals surface area contributed by atoms with Crippen molar-refractivity contribution in [1.29, 1.82) is 0 Å². The first-order chi connectivity index (χ1) is 10.3. The van der Waals surface area contributed by atoms with Gasteiger partial charge in [0.25, 0.3) is 0 Å². The molecule has 110 valence electrons. The highest BCUT2D eigenvalue weighted by Crippen LogP contribution is 2.38. The molecule has 0 aliphatic carbocycles. The molecule has 2 aromatic carbocycles. The average Bonchev–Trinajstić information content (AvgIpc) is 3.11. The number of rotatable bonds is 2. The minimum atomic E-state index is 0. The van der Waals surface area contributed by atoms with Gasteiger partial charge < -0.3 is 10.7 Å². The molecule has 0 spiro atoms. The van der Waals surface area contributed by atoms with E-state index in [1.165, 1.54) is 16.7 Å². The second kappa shape index (κ2) is 5.83. The molecule has 5 heteroatoms. The largest absolute Gasteiger partial charge is 0.375 e. The number of H-pyrrole nitrogens is 1. The Labute approximate surface area is 138 Å². The molecule has 22 heavy (non-hydrogen) atoms. The zero-order chi connectivity index (χ0) is 14.2. The van der Waals surface area contributed by atoms with Crippen molar-refractivity contribution in [1.82, 2.24) is 9.97 Å². The van der Waals surface area contributed by atoms with Gasteiger partial charge in [-0.15, -0.1) is 23.7 Å². The van der Waals surface area contributed by atoms with Gasteiger partial charge in [0.15, 0.2) is 5.13 Å².